The molecule has 4 rings (SSSR count). The van der Waals surface area contributed by atoms with Gasteiger partial charge in [-0.05, 0) is 43.1 Å². The summed E-state index contributed by atoms with van der Waals surface area (Å²) in [5.74, 6) is 0.453. The van der Waals surface area contributed by atoms with E-state index in [0.29, 0.717) is 5.92 Å². The van der Waals surface area contributed by atoms with Crippen molar-refractivity contribution >= 4 is 22.6 Å². The standard InChI is InChI=1S/C19H21ClN4/c1-23-19-16(8-4-10-21-19)18(22-23)15-7-5-11-24(13-15)12-14-6-2-3-9-17(14)20/h2-4,6,8-10,15H,5,7,11-13H2,1H3/t15-/m1/s1. The van der Waals surface area contributed by atoms with Crippen molar-refractivity contribution in [3.05, 3.63) is 58.9 Å². The first kappa shape index (κ1) is 15.6. The van der Waals surface area contributed by atoms with E-state index >= 15 is 0 Å². The van der Waals surface area contributed by atoms with Crippen LogP contribution in [0, 0.1) is 0 Å². The molecular weight excluding hydrogens is 320 g/mol. The number of hydrogen-bond donors (Lipinski definition) is 0. The maximum Gasteiger partial charge on any atom is 0.157 e. The summed E-state index contributed by atoms with van der Waals surface area (Å²) >= 11 is 6.33. The summed E-state index contributed by atoms with van der Waals surface area (Å²) < 4.78 is 1.90. The quantitative estimate of drug-likeness (QED) is 0.722. The van der Waals surface area contributed by atoms with Crippen LogP contribution >= 0.6 is 11.6 Å². The molecule has 4 nitrogen and oxygen atoms in total. The third-order valence-corrected chi connectivity index (χ3v) is 5.24. The molecule has 3 aromatic rings. The minimum Gasteiger partial charge on any atom is -0.298 e. The Labute approximate surface area is 147 Å². The molecule has 0 unspecified atom stereocenters. The lowest BCUT2D eigenvalue weighted by Crippen LogP contribution is -2.34. The largest absolute Gasteiger partial charge is 0.298 e. The van der Waals surface area contributed by atoms with Gasteiger partial charge in [-0.3, -0.25) is 9.58 Å². The predicted octanol–water partition coefficient (Wildman–Crippen LogP) is 4.00. The molecular formula is C19H21ClN4. The Kier molecular flexibility index (Phi) is 4.25. The molecule has 5 heteroatoms. The van der Waals surface area contributed by atoms with Gasteiger partial charge in [0.25, 0.3) is 0 Å². The van der Waals surface area contributed by atoms with Crippen LogP contribution in [0.5, 0.6) is 0 Å². The smallest absolute Gasteiger partial charge is 0.157 e. The Balaban J connectivity index is 1.57. The molecule has 1 atom stereocenters. The Morgan fingerprint density at radius 2 is 2.08 bits per heavy atom. The Morgan fingerprint density at radius 3 is 2.96 bits per heavy atom. The summed E-state index contributed by atoms with van der Waals surface area (Å²) in [6, 6.07) is 12.3. The summed E-state index contributed by atoms with van der Waals surface area (Å²) in [5.41, 5.74) is 3.35. The average Bonchev–Trinajstić information content (AvgIpc) is 2.95. The fourth-order valence-corrected chi connectivity index (χ4v) is 3.90. The van der Waals surface area contributed by atoms with Crippen LogP contribution in [0.1, 0.15) is 30.0 Å². The lowest BCUT2D eigenvalue weighted by Gasteiger charge is -2.32. The monoisotopic (exact) mass is 340 g/mol. The number of likely N-dealkylation sites (tertiary alicyclic amines) is 1. The summed E-state index contributed by atoms with van der Waals surface area (Å²) in [4.78, 5) is 6.96. The fraction of sp³-hybridized carbons (Fsp3) is 0.368. The molecule has 3 heterocycles. The van der Waals surface area contributed by atoms with E-state index in [1.165, 1.54) is 29.5 Å². The molecule has 0 saturated carbocycles. The maximum absolute atomic E-state index is 6.33. The minimum absolute atomic E-state index is 0.453. The zero-order chi connectivity index (χ0) is 16.5. The zero-order valence-corrected chi connectivity index (χ0v) is 14.6. The molecule has 1 fully saturated rings. The van der Waals surface area contributed by atoms with E-state index in [-0.39, 0.29) is 0 Å². The molecule has 2 aromatic heterocycles. The van der Waals surface area contributed by atoms with E-state index in [9.17, 15) is 0 Å². The number of fused-ring (bicyclic) bond motifs is 1. The van der Waals surface area contributed by atoms with Gasteiger partial charge < -0.3 is 0 Å². The highest BCUT2D eigenvalue weighted by Gasteiger charge is 2.26. The van der Waals surface area contributed by atoms with E-state index in [4.69, 9.17) is 16.7 Å². The Bertz CT molecular complexity index is 857. The first-order valence-electron chi connectivity index (χ1n) is 8.46. The molecule has 0 radical (unpaired) electrons. The molecule has 0 amide bonds. The van der Waals surface area contributed by atoms with Crippen molar-refractivity contribution in [1.29, 1.82) is 0 Å². The first-order valence-corrected chi connectivity index (χ1v) is 8.83. The maximum atomic E-state index is 6.33. The molecule has 1 saturated heterocycles. The molecule has 1 aliphatic rings. The highest BCUT2D eigenvalue weighted by molar-refractivity contribution is 6.31. The molecule has 0 spiro atoms. The second-order valence-corrected chi connectivity index (χ2v) is 6.96. The molecule has 1 aliphatic heterocycles. The number of piperidine rings is 1. The molecule has 124 valence electrons. The van der Waals surface area contributed by atoms with Gasteiger partial charge in [0.2, 0.25) is 0 Å². The number of halogens is 1. The minimum atomic E-state index is 0.453. The average molecular weight is 341 g/mol. The highest BCUT2D eigenvalue weighted by atomic mass is 35.5. The zero-order valence-electron chi connectivity index (χ0n) is 13.8. The number of aryl methyl sites for hydroxylation is 1. The second-order valence-electron chi connectivity index (χ2n) is 6.55. The van der Waals surface area contributed by atoms with Gasteiger partial charge in [-0.1, -0.05) is 29.8 Å². The number of rotatable bonds is 3. The number of hydrogen-bond acceptors (Lipinski definition) is 3. The van der Waals surface area contributed by atoms with Crippen molar-refractivity contribution in [2.45, 2.75) is 25.3 Å². The number of benzene rings is 1. The van der Waals surface area contributed by atoms with Gasteiger partial charge in [0.05, 0.1) is 5.69 Å². The Hall–Kier alpha value is -1.91. The van der Waals surface area contributed by atoms with Crippen molar-refractivity contribution in [2.75, 3.05) is 13.1 Å². The summed E-state index contributed by atoms with van der Waals surface area (Å²) in [6.45, 7) is 3.04. The van der Waals surface area contributed by atoms with E-state index in [0.717, 1.165) is 30.3 Å². The van der Waals surface area contributed by atoms with E-state index < -0.39 is 0 Å². The van der Waals surface area contributed by atoms with Crippen LogP contribution in [0.3, 0.4) is 0 Å². The summed E-state index contributed by atoms with van der Waals surface area (Å²) in [5, 5.41) is 6.81. The number of aromatic nitrogens is 3. The summed E-state index contributed by atoms with van der Waals surface area (Å²) in [7, 11) is 1.98. The second kappa shape index (κ2) is 6.54. The topological polar surface area (TPSA) is 34.0 Å². The predicted molar refractivity (Wildman–Crippen MR) is 97.2 cm³/mol. The molecule has 1 aromatic carbocycles. The van der Waals surface area contributed by atoms with Crippen LogP contribution in [0.15, 0.2) is 42.6 Å². The van der Waals surface area contributed by atoms with Gasteiger partial charge in [-0.2, -0.15) is 5.10 Å². The van der Waals surface area contributed by atoms with Crippen molar-refractivity contribution in [2.24, 2.45) is 7.05 Å². The lowest BCUT2D eigenvalue weighted by molar-refractivity contribution is 0.198. The van der Waals surface area contributed by atoms with Gasteiger partial charge in [0, 0.05) is 42.7 Å². The van der Waals surface area contributed by atoms with Gasteiger partial charge in [0.15, 0.2) is 5.65 Å². The van der Waals surface area contributed by atoms with Crippen LogP contribution in [-0.2, 0) is 13.6 Å². The van der Waals surface area contributed by atoms with E-state index in [1.54, 1.807) is 0 Å². The Morgan fingerprint density at radius 1 is 1.21 bits per heavy atom. The van der Waals surface area contributed by atoms with Crippen LogP contribution in [-0.4, -0.2) is 32.8 Å². The van der Waals surface area contributed by atoms with Crippen molar-refractivity contribution in [3.8, 4) is 0 Å². The molecule has 0 aliphatic carbocycles. The van der Waals surface area contributed by atoms with Crippen LogP contribution < -0.4 is 0 Å². The van der Waals surface area contributed by atoms with E-state index in [1.807, 2.05) is 36.1 Å². The van der Waals surface area contributed by atoms with Crippen molar-refractivity contribution in [3.63, 3.8) is 0 Å². The lowest BCUT2D eigenvalue weighted by atomic mass is 9.93. The normalized spacial score (nSPS) is 19.0. The number of nitrogens with zero attached hydrogens (tertiary/aromatic N) is 4. The third-order valence-electron chi connectivity index (χ3n) is 4.87. The van der Waals surface area contributed by atoms with Crippen LogP contribution in [0.2, 0.25) is 5.02 Å². The third kappa shape index (κ3) is 2.92. The highest BCUT2D eigenvalue weighted by Crippen LogP contribution is 2.31. The van der Waals surface area contributed by atoms with Gasteiger partial charge in [-0.15, -0.1) is 0 Å². The number of pyridine rings is 1. The first-order chi connectivity index (χ1) is 11.7. The van der Waals surface area contributed by atoms with Gasteiger partial charge >= 0.3 is 0 Å². The van der Waals surface area contributed by atoms with Crippen LogP contribution in [0.4, 0.5) is 0 Å². The van der Waals surface area contributed by atoms with Crippen LogP contribution in [0.25, 0.3) is 11.0 Å². The van der Waals surface area contributed by atoms with Crippen molar-refractivity contribution < 1.29 is 0 Å². The summed E-state index contributed by atoms with van der Waals surface area (Å²) in [6.07, 6.45) is 4.20. The van der Waals surface area contributed by atoms with Gasteiger partial charge in [0.1, 0.15) is 0 Å². The van der Waals surface area contributed by atoms with Crippen molar-refractivity contribution in [1.82, 2.24) is 19.7 Å². The fourth-order valence-electron chi connectivity index (χ4n) is 3.71. The molecule has 0 bridgehead atoms. The molecule has 0 N–H and O–H groups in total. The molecule has 24 heavy (non-hydrogen) atoms. The van der Waals surface area contributed by atoms with E-state index in [2.05, 4.69) is 28.1 Å². The SMILES string of the molecule is Cn1nc([C@@H]2CCCN(Cc3ccccc3Cl)C2)c2cccnc21. The van der Waals surface area contributed by atoms with Gasteiger partial charge in [-0.25, -0.2) is 4.98 Å².